The fourth-order valence-electron chi connectivity index (χ4n) is 2.76. The van der Waals surface area contributed by atoms with Gasteiger partial charge in [0, 0.05) is 0 Å². The first kappa shape index (κ1) is 11.8. The first-order valence-electron chi connectivity index (χ1n) is 6.24. The minimum Gasteiger partial charge on any atom is -0.399 e. The smallest absolute Gasteiger partial charge is 0.399 e. The first-order chi connectivity index (χ1) is 9.22. The lowest BCUT2D eigenvalue weighted by molar-refractivity contribution is -0.243. The van der Waals surface area contributed by atoms with Crippen LogP contribution in [0.3, 0.4) is 0 Å². The number of hydrogen-bond donors (Lipinski definition) is 1. The van der Waals surface area contributed by atoms with Crippen LogP contribution in [0.5, 0.6) is 0 Å². The Morgan fingerprint density at radius 2 is 1.89 bits per heavy atom. The Balaban J connectivity index is 1.62. The SMILES string of the molecule is O[C@@H]1C2OB(c3ccc(F)cc3)O[C@H]1[C@@H]1CO[C@@H]2O1. The van der Waals surface area contributed by atoms with Crippen molar-refractivity contribution in [3.8, 4) is 0 Å². The van der Waals surface area contributed by atoms with Gasteiger partial charge >= 0.3 is 7.12 Å². The van der Waals surface area contributed by atoms with E-state index in [1.807, 2.05) is 0 Å². The van der Waals surface area contributed by atoms with Crippen LogP contribution in [0.1, 0.15) is 0 Å². The van der Waals surface area contributed by atoms with Crippen LogP contribution in [0.15, 0.2) is 24.3 Å². The average molecular weight is 266 g/mol. The molecule has 100 valence electrons. The lowest BCUT2D eigenvalue weighted by atomic mass is 9.75. The molecule has 19 heavy (non-hydrogen) atoms. The molecule has 7 heteroatoms. The summed E-state index contributed by atoms with van der Waals surface area (Å²) in [5.74, 6) is -0.313. The molecule has 3 aliphatic heterocycles. The zero-order valence-corrected chi connectivity index (χ0v) is 9.94. The molecular weight excluding hydrogens is 254 g/mol. The van der Waals surface area contributed by atoms with E-state index in [0.29, 0.717) is 12.1 Å². The molecule has 4 bridgehead atoms. The third-order valence-electron chi connectivity index (χ3n) is 3.75. The molecule has 1 aromatic rings. The number of benzene rings is 1. The lowest BCUT2D eigenvalue weighted by Crippen LogP contribution is -2.65. The highest BCUT2D eigenvalue weighted by atomic mass is 19.1. The third-order valence-corrected chi connectivity index (χ3v) is 3.75. The molecule has 0 spiro atoms. The lowest BCUT2D eigenvalue weighted by Gasteiger charge is -2.44. The summed E-state index contributed by atoms with van der Waals surface area (Å²) in [6.07, 6.45) is -2.64. The normalized spacial score (nSPS) is 40.5. The van der Waals surface area contributed by atoms with Crippen molar-refractivity contribution >= 4 is 12.6 Å². The highest BCUT2D eigenvalue weighted by Crippen LogP contribution is 2.35. The van der Waals surface area contributed by atoms with Gasteiger partial charge in [0.1, 0.15) is 30.2 Å². The summed E-state index contributed by atoms with van der Waals surface area (Å²) < 4.78 is 35.3. The number of halogens is 1. The molecule has 0 radical (unpaired) electrons. The van der Waals surface area contributed by atoms with E-state index in [1.165, 1.54) is 12.1 Å². The van der Waals surface area contributed by atoms with Crippen molar-refractivity contribution in [1.29, 1.82) is 0 Å². The summed E-state index contributed by atoms with van der Waals surface area (Å²) >= 11 is 0. The maximum Gasteiger partial charge on any atom is 0.494 e. The predicted molar refractivity (Wildman–Crippen MR) is 62.2 cm³/mol. The van der Waals surface area contributed by atoms with E-state index in [9.17, 15) is 9.50 Å². The van der Waals surface area contributed by atoms with Crippen LogP contribution >= 0.6 is 0 Å². The van der Waals surface area contributed by atoms with Crippen molar-refractivity contribution in [2.45, 2.75) is 30.7 Å². The monoisotopic (exact) mass is 266 g/mol. The molecule has 0 saturated carbocycles. The van der Waals surface area contributed by atoms with Gasteiger partial charge in [-0.1, -0.05) is 12.1 Å². The molecule has 0 aromatic heterocycles. The van der Waals surface area contributed by atoms with Crippen LogP contribution in [0.25, 0.3) is 0 Å². The molecule has 1 N–H and O–H groups in total. The van der Waals surface area contributed by atoms with Gasteiger partial charge in [-0.3, -0.25) is 0 Å². The van der Waals surface area contributed by atoms with Gasteiger partial charge in [0.15, 0.2) is 6.29 Å². The van der Waals surface area contributed by atoms with Crippen LogP contribution < -0.4 is 5.46 Å². The number of rotatable bonds is 1. The average Bonchev–Trinajstić information content (AvgIpc) is 2.86. The number of aliphatic hydroxyl groups excluding tert-OH is 1. The van der Waals surface area contributed by atoms with Gasteiger partial charge in [-0.25, -0.2) is 4.39 Å². The second-order valence-electron chi connectivity index (χ2n) is 4.95. The van der Waals surface area contributed by atoms with Crippen LogP contribution in [0.4, 0.5) is 4.39 Å². The van der Waals surface area contributed by atoms with Gasteiger partial charge in [-0.2, -0.15) is 0 Å². The molecular formula is C12H12BFO5. The largest absolute Gasteiger partial charge is 0.494 e. The maximum absolute atomic E-state index is 12.9. The van der Waals surface area contributed by atoms with Gasteiger partial charge < -0.3 is 23.9 Å². The number of hydrogen-bond acceptors (Lipinski definition) is 5. The second kappa shape index (κ2) is 4.26. The Hall–Kier alpha value is -0.985. The van der Waals surface area contributed by atoms with E-state index in [-0.39, 0.29) is 11.9 Å². The number of fused-ring (bicyclic) bond motifs is 6. The quantitative estimate of drug-likeness (QED) is 0.689. The minimum atomic E-state index is -0.761. The molecule has 3 saturated heterocycles. The van der Waals surface area contributed by atoms with Crippen LogP contribution in [0.2, 0.25) is 0 Å². The van der Waals surface area contributed by atoms with E-state index in [1.54, 1.807) is 12.1 Å². The molecule has 3 heterocycles. The van der Waals surface area contributed by atoms with Crippen molar-refractivity contribution in [2.24, 2.45) is 0 Å². The first-order valence-corrected chi connectivity index (χ1v) is 6.24. The van der Waals surface area contributed by atoms with Gasteiger partial charge in [-0.15, -0.1) is 0 Å². The van der Waals surface area contributed by atoms with Crippen molar-refractivity contribution in [3.63, 3.8) is 0 Å². The zero-order chi connectivity index (χ0) is 13.0. The van der Waals surface area contributed by atoms with Gasteiger partial charge in [0.2, 0.25) is 0 Å². The van der Waals surface area contributed by atoms with Crippen LogP contribution in [-0.4, -0.2) is 49.5 Å². The van der Waals surface area contributed by atoms with Crippen molar-refractivity contribution in [3.05, 3.63) is 30.1 Å². The summed E-state index contributed by atoms with van der Waals surface area (Å²) in [4.78, 5) is 0. The summed E-state index contributed by atoms with van der Waals surface area (Å²) in [5.41, 5.74) is 0.713. The number of aliphatic hydroxyl groups is 1. The predicted octanol–water partition coefficient (Wildman–Crippen LogP) is -0.579. The fraction of sp³-hybridized carbons (Fsp3) is 0.500. The Morgan fingerprint density at radius 3 is 2.68 bits per heavy atom. The maximum atomic E-state index is 12.9. The van der Waals surface area contributed by atoms with Gasteiger partial charge in [0.05, 0.1) is 6.61 Å². The molecule has 5 nitrogen and oxygen atoms in total. The molecule has 5 atom stereocenters. The minimum absolute atomic E-state index is 0.275. The Morgan fingerprint density at radius 1 is 1.16 bits per heavy atom. The van der Waals surface area contributed by atoms with Crippen LogP contribution in [0, 0.1) is 5.82 Å². The van der Waals surface area contributed by atoms with E-state index in [2.05, 4.69) is 0 Å². The molecule has 4 rings (SSSR count). The van der Waals surface area contributed by atoms with Crippen LogP contribution in [-0.2, 0) is 18.8 Å². The highest BCUT2D eigenvalue weighted by Gasteiger charge is 2.56. The molecule has 0 aliphatic carbocycles. The Kier molecular flexibility index (Phi) is 2.65. The van der Waals surface area contributed by atoms with Gasteiger partial charge in [-0.05, 0) is 17.6 Å². The molecule has 1 aromatic carbocycles. The highest BCUT2D eigenvalue weighted by molar-refractivity contribution is 6.61. The summed E-state index contributed by atoms with van der Waals surface area (Å²) in [7, 11) is -0.630. The van der Waals surface area contributed by atoms with E-state index in [0.717, 1.165) is 0 Å². The molecule has 1 unspecified atom stereocenters. The van der Waals surface area contributed by atoms with E-state index in [4.69, 9.17) is 18.8 Å². The Labute approximate surface area is 109 Å². The van der Waals surface area contributed by atoms with E-state index >= 15 is 0 Å². The molecule has 3 aliphatic rings. The molecule has 0 amide bonds. The van der Waals surface area contributed by atoms with Gasteiger partial charge in [0.25, 0.3) is 0 Å². The topological polar surface area (TPSA) is 57.2 Å². The zero-order valence-electron chi connectivity index (χ0n) is 9.94. The molecule has 3 fully saturated rings. The van der Waals surface area contributed by atoms with Crippen molar-refractivity contribution in [1.82, 2.24) is 0 Å². The summed E-state index contributed by atoms with van der Waals surface area (Å²) in [6.45, 7) is 0.391. The van der Waals surface area contributed by atoms with Crippen molar-refractivity contribution < 1.29 is 28.3 Å². The Bertz CT molecular complexity index is 464. The number of ether oxygens (including phenoxy) is 2. The summed E-state index contributed by atoms with van der Waals surface area (Å²) in [6, 6.07) is 5.92. The van der Waals surface area contributed by atoms with E-state index < -0.39 is 31.7 Å². The van der Waals surface area contributed by atoms with Crippen molar-refractivity contribution in [2.75, 3.05) is 6.61 Å². The third kappa shape index (κ3) is 1.81. The fourth-order valence-corrected chi connectivity index (χ4v) is 2.76. The summed E-state index contributed by atoms with van der Waals surface area (Å²) in [5, 5.41) is 10.1. The standard InChI is InChI=1S/C12H12BFO5/c14-7-3-1-6(2-4-7)13-18-10-8-5-16-12(17-8)11(19-13)9(10)15/h1-4,8-12,15H,5H2/t8-,9-,10-,11?,12+/m0/s1. The second-order valence-corrected chi connectivity index (χ2v) is 4.95.